The molecule has 8 heteroatoms. The van der Waals surface area contributed by atoms with Gasteiger partial charge in [-0.3, -0.25) is 5.10 Å². The number of nitriles is 1. The van der Waals surface area contributed by atoms with Crippen LogP contribution < -0.4 is 10.5 Å². The molecular formula is C17H19N5O3. The van der Waals surface area contributed by atoms with Gasteiger partial charge >= 0.3 is 5.97 Å². The number of rotatable bonds is 3. The summed E-state index contributed by atoms with van der Waals surface area (Å²) in [5.74, 6) is -0.534. The van der Waals surface area contributed by atoms with E-state index in [1.807, 2.05) is 20.8 Å². The minimum atomic E-state index is -0.466. The first-order chi connectivity index (χ1) is 11.9. The van der Waals surface area contributed by atoms with Gasteiger partial charge in [0.1, 0.15) is 17.3 Å². The number of nitrogens with one attached hydrogen (secondary N) is 2. The summed E-state index contributed by atoms with van der Waals surface area (Å²) in [6, 6.07) is 2.14. The molecule has 3 rings (SSSR count). The standard InChI is InChI=1S/C17H19N5O3/c1-5-24-17(23)14-7(2)11(8(3)20-14)13-10(6-18)15(19)25-16-12(13)9(4)21-22-16/h13,20H,5,19H2,1-4H3,(H,21,22)/t13-/m1/s1. The number of carbonyl (C=O) groups excluding carboxylic acids is 1. The number of esters is 1. The van der Waals surface area contributed by atoms with Crippen LogP contribution in [0.4, 0.5) is 0 Å². The molecule has 0 spiro atoms. The van der Waals surface area contributed by atoms with E-state index in [0.717, 1.165) is 28.1 Å². The lowest BCUT2D eigenvalue weighted by Crippen LogP contribution is -2.21. The summed E-state index contributed by atoms with van der Waals surface area (Å²) in [6.07, 6.45) is 0. The van der Waals surface area contributed by atoms with Gasteiger partial charge in [0.05, 0.1) is 12.5 Å². The molecule has 0 unspecified atom stereocenters. The third kappa shape index (κ3) is 2.45. The zero-order valence-corrected chi connectivity index (χ0v) is 14.5. The van der Waals surface area contributed by atoms with Crippen molar-refractivity contribution in [3.05, 3.63) is 45.2 Å². The maximum Gasteiger partial charge on any atom is 0.355 e. The number of allylic oxidation sites excluding steroid dienone is 1. The number of H-pyrrole nitrogens is 2. The Labute approximate surface area is 144 Å². The van der Waals surface area contributed by atoms with Crippen molar-refractivity contribution < 1.29 is 14.3 Å². The van der Waals surface area contributed by atoms with Crippen LogP contribution in [0.3, 0.4) is 0 Å². The first kappa shape index (κ1) is 16.6. The average Bonchev–Trinajstić information content (AvgIpc) is 3.07. The second-order valence-electron chi connectivity index (χ2n) is 5.88. The molecule has 0 bridgehead atoms. The van der Waals surface area contributed by atoms with Crippen LogP contribution in [-0.4, -0.2) is 27.8 Å². The molecule has 25 heavy (non-hydrogen) atoms. The second kappa shape index (κ2) is 6.02. The van der Waals surface area contributed by atoms with E-state index in [1.165, 1.54) is 0 Å². The molecule has 0 aromatic carbocycles. The Morgan fingerprint density at radius 1 is 1.36 bits per heavy atom. The van der Waals surface area contributed by atoms with Crippen LogP contribution in [0.1, 0.15) is 51.4 Å². The Bertz CT molecular complexity index is 929. The van der Waals surface area contributed by atoms with E-state index in [-0.39, 0.29) is 18.1 Å². The number of aromatic amines is 2. The average molecular weight is 341 g/mol. The molecule has 1 atom stereocenters. The van der Waals surface area contributed by atoms with E-state index in [9.17, 15) is 10.1 Å². The number of aromatic nitrogens is 3. The second-order valence-corrected chi connectivity index (χ2v) is 5.88. The van der Waals surface area contributed by atoms with Gasteiger partial charge in [-0.15, -0.1) is 5.10 Å². The van der Waals surface area contributed by atoms with Crippen molar-refractivity contribution in [2.24, 2.45) is 5.73 Å². The molecule has 0 fully saturated rings. The summed E-state index contributed by atoms with van der Waals surface area (Å²) in [7, 11) is 0. The Balaban J connectivity index is 2.23. The van der Waals surface area contributed by atoms with Crippen LogP contribution in [0.15, 0.2) is 11.5 Å². The lowest BCUT2D eigenvalue weighted by atomic mass is 9.82. The zero-order valence-electron chi connectivity index (χ0n) is 14.5. The summed E-state index contributed by atoms with van der Waals surface area (Å²) in [5.41, 5.74) is 10.4. The molecule has 130 valence electrons. The highest BCUT2D eigenvalue weighted by Gasteiger charge is 2.37. The molecule has 4 N–H and O–H groups in total. The topological polar surface area (TPSA) is 130 Å². The van der Waals surface area contributed by atoms with Crippen molar-refractivity contribution in [1.82, 2.24) is 15.2 Å². The zero-order chi connectivity index (χ0) is 18.3. The van der Waals surface area contributed by atoms with Gasteiger partial charge in [0.15, 0.2) is 0 Å². The molecule has 2 aromatic rings. The van der Waals surface area contributed by atoms with Crippen LogP contribution in [0, 0.1) is 32.1 Å². The van der Waals surface area contributed by atoms with Crippen molar-refractivity contribution >= 4 is 5.97 Å². The molecule has 1 aliphatic heterocycles. The van der Waals surface area contributed by atoms with E-state index in [4.69, 9.17) is 15.2 Å². The van der Waals surface area contributed by atoms with E-state index in [2.05, 4.69) is 21.3 Å². The molecule has 3 heterocycles. The lowest BCUT2D eigenvalue weighted by molar-refractivity contribution is 0.0519. The van der Waals surface area contributed by atoms with Gasteiger partial charge in [0.2, 0.25) is 11.8 Å². The van der Waals surface area contributed by atoms with Crippen LogP contribution in [-0.2, 0) is 4.74 Å². The van der Waals surface area contributed by atoms with Gasteiger partial charge in [0, 0.05) is 17.0 Å². The SMILES string of the molecule is CCOC(=O)c1[nH]c(C)c([C@H]2C(C#N)=C(N)Oc3n[nH]c(C)c32)c1C. The first-order valence-corrected chi connectivity index (χ1v) is 7.89. The highest BCUT2D eigenvalue weighted by atomic mass is 16.5. The molecule has 0 radical (unpaired) electrons. The molecule has 0 amide bonds. The summed E-state index contributed by atoms with van der Waals surface area (Å²) in [5, 5.41) is 16.6. The van der Waals surface area contributed by atoms with Crippen molar-refractivity contribution in [2.75, 3.05) is 6.61 Å². The molecule has 8 nitrogen and oxygen atoms in total. The van der Waals surface area contributed by atoms with E-state index < -0.39 is 11.9 Å². The first-order valence-electron chi connectivity index (χ1n) is 7.89. The lowest BCUT2D eigenvalue weighted by Gasteiger charge is -2.24. The minimum absolute atomic E-state index is 0.0178. The third-order valence-corrected chi connectivity index (χ3v) is 4.39. The van der Waals surface area contributed by atoms with Gasteiger partial charge < -0.3 is 20.2 Å². The van der Waals surface area contributed by atoms with Crippen LogP contribution >= 0.6 is 0 Å². The maximum absolute atomic E-state index is 12.2. The van der Waals surface area contributed by atoms with Crippen LogP contribution in [0.2, 0.25) is 0 Å². The van der Waals surface area contributed by atoms with Gasteiger partial charge in [-0.05, 0) is 38.8 Å². The van der Waals surface area contributed by atoms with E-state index >= 15 is 0 Å². The molecule has 1 aliphatic rings. The van der Waals surface area contributed by atoms with Crippen molar-refractivity contribution in [3.8, 4) is 11.9 Å². The Morgan fingerprint density at radius 3 is 2.72 bits per heavy atom. The van der Waals surface area contributed by atoms with Gasteiger partial charge in [-0.25, -0.2) is 4.79 Å². The Kier molecular flexibility index (Phi) is 4.00. The van der Waals surface area contributed by atoms with Gasteiger partial charge in [-0.2, -0.15) is 5.26 Å². The van der Waals surface area contributed by atoms with E-state index in [0.29, 0.717) is 11.6 Å². The summed E-state index contributed by atoms with van der Waals surface area (Å²) in [4.78, 5) is 15.3. The summed E-state index contributed by atoms with van der Waals surface area (Å²) >= 11 is 0. The molecular weight excluding hydrogens is 322 g/mol. The molecule has 0 aliphatic carbocycles. The number of fused-ring (bicyclic) bond motifs is 1. The minimum Gasteiger partial charge on any atom is -0.461 e. The van der Waals surface area contributed by atoms with Crippen LogP contribution in [0.5, 0.6) is 5.88 Å². The van der Waals surface area contributed by atoms with Crippen molar-refractivity contribution in [1.29, 1.82) is 5.26 Å². The highest BCUT2D eigenvalue weighted by Crippen LogP contribution is 2.45. The highest BCUT2D eigenvalue weighted by molar-refractivity contribution is 5.90. The Morgan fingerprint density at radius 2 is 2.08 bits per heavy atom. The molecule has 0 saturated heterocycles. The normalized spacial score (nSPS) is 16.2. The number of hydrogen-bond acceptors (Lipinski definition) is 6. The number of ether oxygens (including phenoxy) is 2. The fraction of sp³-hybridized carbons (Fsp3) is 0.353. The number of carbonyl (C=O) groups is 1. The number of aryl methyl sites for hydroxylation is 2. The third-order valence-electron chi connectivity index (χ3n) is 4.39. The quantitative estimate of drug-likeness (QED) is 0.733. The molecule has 0 saturated carbocycles. The number of nitrogens with two attached hydrogens (primary N) is 1. The summed E-state index contributed by atoms with van der Waals surface area (Å²) in [6.45, 7) is 7.55. The maximum atomic E-state index is 12.2. The number of nitrogens with zero attached hydrogens (tertiary/aromatic N) is 2. The van der Waals surface area contributed by atoms with Crippen molar-refractivity contribution in [2.45, 2.75) is 33.6 Å². The monoisotopic (exact) mass is 341 g/mol. The summed E-state index contributed by atoms with van der Waals surface area (Å²) < 4.78 is 10.6. The predicted octanol–water partition coefficient (Wildman–Crippen LogP) is 2.06. The Hall–Kier alpha value is -3.21. The predicted molar refractivity (Wildman–Crippen MR) is 88.8 cm³/mol. The van der Waals surface area contributed by atoms with E-state index in [1.54, 1.807) is 6.92 Å². The fourth-order valence-electron chi connectivity index (χ4n) is 3.29. The van der Waals surface area contributed by atoms with Crippen molar-refractivity contribution in [3.63, 3.8) is 0 Å². The van der Waals surface area contributed by atoms with Crippen LogP contribution in [0.25, 0.3) is 0 Å². The molecule has 2 aromatic heterocycles. The number of hydrogen-bond donors (Lipinski definition) is 3. The van der Waals surface area contributed by atoms with Gasteiger partial charge in [0.25, 0.3) is 0 Å². The largest absolute Gasteiger partial charge is 0.461 e. The fourth-order valence-corrected chi connectivity index (χ4v) is 3.29. The van der Waals surface area contributed by atoms with Gasteiger partial charge in [-0.1, -0.05) is 0 Å². The smallest absolute Gasteiger partial charge is 0.355 e.